The summed E-state index contributed by atoms with van der Waals surface area (Å²) in [7, 11) is 0. The molecule has 2 heterocycles. The molecule has 1 saturated heterocycles. The summed E-state index contributed by atoms with van der Waals surface area (Å²) >= 11 is 0. The number of amides is 3. The normalized spacial score (nSPS) is 14.9. The van der Waals surface area contributed by atoms with Crippen LogP contribution in [0.15, 0.2) is 72.9 Å². The first-order chi connectivity index (χ1) is 18.9. The van der Waals surface area contributed by atoms with Crippen LogP contribution in [0.1, 0.15) is 24.5 Å². The van der Waals surface area contributed by atoms with Crippen LogP contribution in [0.5, 0.6) is 0 Å². The van der Waals surface area contributed by atoms with Crippen LogP contribution in [-0.2, 0) is 27.3 Å². The van der Waals surface area contributed by atoms with Gasteiger partial charge in [0.15, 0.2) is 0 Å². The van der Waals surface area contributed by atoms with Crippen LogP contribution in [-0.4, -0.2) is 42.1 Å². The summed E-state index contributed by atoms with van der Waals surface area (Å²) in [5.74, 6) is -0.718. The molecule has 1 aromatic heterocycles. The van der Waals surface area contributed by atoms with Crippen molar-refractivity contribution in [2.75, 3.05) is 18.0 Å². The minimum Gasteiger partial charge on any atom is -0.442 e. The lowest BCUT2D eigenvalue weighted by atomic mass is 10.0. The molecule has 1 aliphatic heterocycles. The number of hydrogen-bond donors (Lipinski definition) is 3. The summed E-state index contributed by atoms with van der Waals surface area (Å²) in [5, 5.41) is 6.70. The monoisotopic (exact) mass is 528 g/mol. The van der Waals surface area contributed by atoms with Gasteiger partial charge in [-0.05, 0) is 47.4 Å². The fourth-order valence-electron chi connectivity index (χ4n) is 4.68. The summed E-state index contributed by atoms with van der Waals surface area (Å²) < 4.78 is 20.3. The van der Waals surface area contributed by atoms with Crippen molar-refractivity contribution in [3.63, 3.8) is 0 Å². The fraction of sp³-hybridized carbons (Fsp3) is 0.233. The number of carbonyl (C=O) groups is 3. The molecule has 4 aromatic rings. The van der Waals surface area contributed by atoms with E-state index < -0.39 is 18.0 Å². The number of cyclic esters (lactones) is 1. The molecule has 39 heavy (non-hydrogen) atoms. The average Bonchev–Trinajstić information content (AvgIpc) is 3.53. The lowest BCUT2D eigenvalue weighted by Gasteiger charge is -2.15. The van der Waals surface area contributed by atoms with Crippen molar-refractivity contribution in [2.24, 2.45) is 0 Å². The number of anilines is 1. The number of halogens is 1. The first-order valence-electron chi connectivity index (χ1n) is 12.8. The number of benzene rings is 3. The van der Waals surface area contributed by atoms with Crippen LogP contribution in [0.4, 0.5) is 14.9 Å². The van der Waals surface area contributed by atoms with Crippen LogP contribution in [0.2, 0.25) is 0 Å². The van der Waals surface area contributed by atoms with E-state index >= 15 is 4.39 Å². The van der Waals surface area contributed by atoms with Crippen molar-refractivity contribution in [3.05, 3.63) is 89.9 Å². The molecule has 3 N–H and O–H groups in total. The highest BCUT2D eigenvalue weighted by atomic mass is 19.1. The van der Waals surface area contributed by atoms with Crippen molar-refractivity contribution in [2.45, 2.75) is 32.4 Å². The topological polar surface area (TPSA) is 104 Å². The van der Waals surface area contributed by atoms with Gasteiger partial charge in [-0.15, -0.1) is 0 Å². The molecule has 3 aromatic carbocycles. The quantitative estimate of drug-likeness (QED) is 0.293. The maximum absolute atomic E-state index is 15.0. The summed E-state index contributed by atoms with van der Waals surface area (Å²) in [5.41, 5.74) is 4.55. The third-order valence-corrected chi connectivity index (χ3v) is 6.77. The summed E-state index contributed by atoms with van der Waals surface area (Å²) in [4.78, 5) is 40.3. The van der Waals surface area contributed by atoms with Crippen molar-refractivity contribution >= 4 is 34.5 Å². The Balaban J connectivity index is 1.15. The minimum atomic E-state index is -0.578. The number of aromatic nitrogens is 1. The van der Waals surface area contributed by atoms with Crippen LogP contribution in [0.25, 0.3) is 22.0 Å². The van der Waals surface area contributed by atoms with E-state index in [0.29, 0.717) is 36.2 Å². The van der Waals surface area contributed by atoms with E-state index in [2.05, 4.69) is 15.6 Å². The maximum Gasteiger partial charge on any atom is 0.414 e. The summed E-state index contributed by atoms with van der Waals surface area (Å²) in [6.07, 6.45) is 1.91. The Labute approximate surface area is 225 Å². The number of aryl methyl sites for hydroxylation is 1. The largest absolute Gasteiger partial charge is 0.442 e. The molecule has 0 radical (unpaired) electrons. The molecule has 1 atom stereocenters. The molecule has 0 unspecified atom stereocenters. The number of para-hydroxylation sites is 1. The molecular formula is C30H29FN4O4. The van der Waals surface area contributed by atoms with Crippen molar-refractivity contribution in [1.29, 1.82) is 0 Å². The van der Waals surface area contributed by atoms with Gasteiger partial charge in [0.2, 0.25) is 11.8 Å². The second kappa shape index (κ2) is 11.4. The Hall–Kier alpha value is -4.66. The van der Waals surface area contributed by atoms with Gasteiger partial charge >= 0.3 is 6.09 Å². The lowest BCUT2D eigenvalue weighted by molar-refractivity contribution is -0.121. The lowest BCUT2D eigenvalue weighted by Crippen LogP contribution is -2.33. The van der Waals surface area contributed by atoms with Gasteiger partial charge in [0, 0.05) is 42.6 Å². The minimum absolute atomic E-state index is 0.0363. The molecule has 0 bridgehead atoms. The smallest absolute Gasteiger partial charge is 0.414 e. The number of nitrogens with zero attached hydrogens (tertiary/aromatic N) is 1. The van der Waals surface area contributed by atoms with Gasteiger partial charge < -0.3 is 20.4 Å². The number of carbonyl (C=O) groups excluding carboxylic acids is 3. The zero-order valence-electron chi connectivity index (χ0n) is 21.5. The Morgan fingerprint density at radius 3 is 2.64 bits per heavy atom. The Kier molecular flexibility index (Phi) is 7.58. The molecule has 1 fully saturated rings. The van der Waals surface area contributed by atoms with Crippen molar-refractivity contribution in [1.82, 2.24) is 15.6 Å². The standard InChI is InChI=1S/C30H29FN4O4/c1-19(36)32-17-24-18-35(30(38)39-24)23-11-12-25(27(31)14-23)21-8-6-20(7-9-21)15-34-29(37)13-10-22-16-33-28-5-3-2-4-26(22)28/h2-9,11-12,14,16,24,33H,10,13,15,17-18H2,1H3,(H,32,36)(H,34,37)/t24-/m0/s1. The Morgan fingerprint density at radius 1 is 1.08 bits per heavy atom. The highest BCUT2D eigenvalue weighted by Crippen LogP contribution is 2.29. The van der Waals surface area contributed by atoms with Gasteiger partial charge in [-0.2, -0.15) is 0 Å². The Bertz CT molecular complexity index is 1520. The molecule has 0 aliphatic carbocycles. The van der Waals surface area contributed by atoms with Gasteiger partial charge in [0.25, 0.3) is 0 Å². The second-order valence-corrected chi connectivity index (χ2v) is 9.55. The van der Waals surface area contributed by atoms with Gasteiger partial charge in [-0.3, -0.25) is 14.5 Å². The molecule has 3 amide bonds. The molecule has 8 nitrogen and oxygen atoms in total. The average molecular weight is 529 g/mol. The van der Waals surface area contributed by atoms with E-state index in [9.17, 15) is 14.4 Å². The Morgan fingerprint density at radius 2 is 1.87 bits per heavy atom. The molecule has 0 spiro atoms. The number of rotatable bonds is 9. The van der Waals surface area contributed by atoms with Gasteiger partial charge in [-0.25, -0.2) is 9.18 Å². The van der Waals surface area contributed by atoms with Crippen LogP contribution >= 0.6 is 0 Å². The van der Waals surface area contributed by atoms with Gasteiger partial charge in [0.1, 0.15) is 11.9 Å². The zero-order chi connectivity index (χ0) is 27.4. The van der Waals surface area contributed by atoms with Crippen molar-refractivity contribution in [3.8, 4) is 11.1 Å². The number of fused-ring (bicyclic) bond motifs is 1. The van der Waals surface area contributed by atoms with Crippen LogP contribution in [0, 0.1) is 5.82 Å². The number of nitrogens with one attached hydrogen (secondary N) is 3. The first kappa shape index (κ1) is 26.0. The first-order valence-corrected chi connectivity index (χ1v) is 12.8. The maximum atomic E-state index is 15.0. The molecule has 0 saturated carbocycles. The molecule has 1 aliphatic rings. The van der Waals surface area contributed by atoms with Gasteiger partial charge in [0.05, 0.1) is 18.8 Å². The predicted molar refractivity (Wildman–Crippen MR) is 147 cm³/mol. The number of H-pyrrole nitrogens is 1. The number of hydrogen-bond acceptors (Lipinski definition) is 4. The van der Waals surface area contributed by atoms with E-state index in [0.717, 1.165) is 22.0 Å². The number of aromatic amines is 1. The SMILES string of the molecule is CC(=O)NC[C@H]1CN(c2ccc(-c3ccc(CNC(=O)CCc4c[nH]c5ccccc45)cc3)c(F)c2)C(=O)O1. The van der Waals surface area contributed by atoms with Crippen molar-refractivity contribution < 1.29 is 23.5 Å². The second-order valence-electron chi connectivity index (χ2n) is 9.55. The number of ether oxygens (including phenoxy) is 1. The van der Waals surface area contributed by atoms with Crippen LogP contribution < -0.4 is 15.5 Å². The molecule has 9 heteroatoms. The van der Waals surface area contributed by atoms with Gasteiger partial charge in [-0.1, -0.05) is 42.5 Å². The zero-order valence-corrected chi connectivity index (χ0v) is 21.5. The van der Waals surface area contributed by atoms with E-state index in [4.69, 9.17) is 4.74 Å². The molecule has 5 rings (SSSR count). The summed E-state index contributed by atoms with van der Waals surface area (Å²) in [6, 6.07) is 19.9. The van der Waals surface area contributed by atoms with E-state index in [1.165, 1.54) is 17.9 Å². The molecule has 200 valence electrons. The molecular weight excluding hydrogens is 499 g/mol. The van der Waals surface area contributed by atoms with E-state index in [-0.39, 0.29) is 24.9 Å². The predicted octanol–water partition coefficient (Wildman–Crippen LogP) is 4.68. The third kappa shape index (κ3) is 6.09. The van der Waals surface area contributed by atoms with E-state index in [1.807, 2.05) is 42.6 Å². The summed E-state index contributed by atoms with van der Waals surface area (Å²) in [6.45, 7) is 2.19. The van der Waals surface area contributed by atoms with E-state index in [1.54, 1.807) is 24.3 Å². The highest BCUT2D eigenvalue weighted by Gasteiger charge is 2.32. The third-order valence-electron chi connectivity index (χ3n) is 6.77. The van der Waals surface area contributed by atoms with Crippen LogP contribution in [0.3, 0.4) is 0 Å². The fourth-order valence-corrected chi connectivity index (χ4v) is 4.68. The highest BCUT2D eigenvalue weighted by molar-refractivity contribution is 5.90.